The first-order chi connectivity index (χ1) is 8.36. The fraction of sp³-hybridized carbons (Fsp3) is 0.462. The lowest BCUT2D eigenvalue weighted by Gasteiger charge is -2.14. The van der Waals surface area contributed by atoms with Gasteiger partial charge in [0.25, 0.3) is 0 Å². The Morgan fingerprint density at radius 2 is 2.06 bits per heavy atom. The molecule has 1 unspecified atom stereocenters. The van der Waals surface area contributed by atoms with E-state index in [1.807, 2.05) is 0 Å². The maximum absolute atomic E-state index is 6.21. The van der Waals surface area contributed by atoms with Gasteiger partial charge in [-0.15, -0.1) is 22.7 Å². The normalized spacial score (nSPS) is 13.8. The zero-order chi connectivity index (χ0) is 13.3. The van der Waals surface area contributed by atoms with Crippen molar-refractivity contribution in [2.75, 3.05) is 0 Å². The average Bonchev–Trinajstić information content (AvgIpc) is 2.85. The highest BCUT2D eigenvalue weighted by Crippen LogP contribution is 2.29. The van der Waals surface area contributed by atoms with Crippen LogP contribution in [0.15, 0.2) is 21.3 Å². The molecule has 98 valence electrons. The molecule has 0 saturated carbocycles. The van der Waals surface area contributed by atoms with Crippen LogP contribution in [0.4, 0.5) is 0 Å². The molecule has 0 aromatic carbocycles. The molecule has 0 fully saturated rings. The molecule has 0 spiro atoms. The van der Waals surface area contributed by atoms with Gasteiger partial charge >= 0.3 is 0 Å². The summed E-state index contributed by atoms with van der Waals surface area (Å²) in [7, 11) is 0. The molecule has 2 aromatic rings. The highest BCUT2D eigenvalue weighted by Gasteiger charge is 2.19. The van der Waals surface area contributed by atoms with E-state index in [9.17, 15) is 0 Å². The third-order valence-electron chi connectivity index (χ3n) is 2.67. The number of halogens is 1. The van der Waals surface area contributed by atoms with Gasteiger partial charge in [0.1, 0.15) is 0 Å². The third-order valence-corrected chi connectivity index (χ3v) is 5.36. The molecule has 2 nitrogen and oxygen atoms in total. The van der Waals surface area contributed by atoms with Crippen LogP contribution in [0.25, 0.3) is 0 Å². The van der Waals surface area contributed by atoms with Crippen LogP contribution in [0.5, 0.6) is 0 Å². The Hall–Kier alpha value is -0.230. The molecular formula is C13H17BrN2S2. The molecule has 0 saturated heterocycles. The molecular weight excluding hydrogens is 328 g/mol. The highest BCUT2D eigenvalue weighted by molar-refractivity contribution is 9.10. The highest BCUT2D eigenvalue weighted by atomic mass is 79.9. The molecule has 2 aromatic heterocycles. The Bertz CT molecular complexity index is 525. The average molecular weight is 345 g/mol. The molecule has 0 aliphatic rings. The molecule has 2 heterocycles. The minimum atomic E-state index is 0.0419. The Morgan fingerprint density at radius 1 is 1.33 bits per heavy atom. The summed E-state index contributed by atoms with van der Waals surface area (Å²) in [6.45, 7) is 6.55. The summed E-state index contributed by atoms with van der Waals surface area (Å²) in [4.78, 5) is 5.89. The second-order valence-corrected chi connectivity index (χ2v) is 8.16. The minimum Gasteiger partial charge on any atom is -0.323 e. The smallest absolute Gasteiger partial charge is 0.0947 e. The zero-order valence-electron chi connectivity index (χ0n) is 10.7. The van der Waals surface area contributed by atoms with Crippen LogP contribution in [0.1, 0.15) is 42.4 Å². The number of thiazole rings is 1. The van der Waals surface area contributed by atoms with Crippen molar-refractivity contribution in [2.45, 2.75) is 38.6 Å². The lowest BCUT2D eigenvalue weighted by atomic mass is 9.93. The van der Waals surface area contributed by atoms with E-state index >= 15 is 0 Å². The molecule has 2 rings (SSSR count). The van der Waals surface area contributed by atoms with Crippen molar-refractivity contribution >= 4 is 38.6 Å². The summed E-state index contributed by atoms with van der Waals surface area (Å²) in [5, 5.41) is 5.33. The van der Waals surface area contributed by atoms with Crippen molar-refractivity contribution in [3.63, 3.8) is 0 Å². The molecule has 2 N–H and O–H groups in total. The SMILES string of the molecule is CC(C)(C)c1csc(CC(N)c2cc(Br)cs2)n1. The van der Waals surface area contributed by atoms with Gasteiger partial charge < -0.3 is 5.73 Å². The largest absolute Gasteiger partial charge is 0.323 e. The van der Waals surface area contributed by atoms with Crippen molar-refractivity contribution in [3.05, 3.63) is 36.9 Å². The predicted octanol–water partition coefficient (Wildman–Crippen LogP) is 4.51. The standard InChI is InChI=1S/C13H17BrN2S2/c1-13(2,3)11-7-18-12(16-11)5-9(15)10-4-8(14)6-17-10/h4,6-7,9H,5,15H2,1-3H3. The van der Waals surface area contributed by atoms with E-state index in [0.29, 0.717) is 0 Å². The fourth-order valence-corrected chi connectivity index (χ4v) is 4.09. The number of nitrogens with zero attached hydrogens (tertiary/aromatic N) is 1. The van der Waals surface area contributed by atoms with Crippen LogP contribution >= 0.6 is 38.6 Å². The van der Waals surface area contributed by atoms with Crippen LogP contribution in [-0.2, 0) is 11.8 Å². The topological polar surface area (TPSA) is 38.9 Å². The van der Waals surface area contributed by atoms with Crippen molar-refractivity contribution in [3.8, 4) is 0 Å². The first-order valence-corrected chi connectivity index (χ1v) is 8.36. The lowest BCUT2D eigenvalue weighted by molar-refractivity contribution is 0.569. The fourth-order valence-electron chi connectivity index (χ4n) is 1.56. The molecule has 0 bridgehead atoms. The van der Waals surface area contributed by atoms with E-state index in [0.717, 1.165) is 21.6 Å². The number of hydrogen-bond acceptors (Lipinski definition) is 4. The van der Waals surface area contributed by atoms with Crippen LogP contribution in [-0.4, -0.2) is 4.98 Å². The lowest BCUT2D eigenvalue weighted by Crippen LogP contribution is -2.14. The Morgan fingerprint density at radius 3 is 2.56 bits per heavy atom. The summed E-state index contributed by atoms with van der Waals surface area (Å²) in [5.74, 6) is 0. The Kier molecular flexibility index (Phi) is 4.26. The Balaban J connectivity index is 2.08. The van der Waals surface area contributed by atoms with Crippen molar-refractivity contribution < 1.29 is 0 Å². The van der Waals surface area contributed by atoms with E-state index in [1.54, 1.807) is 22.7 Å². The van der Waals surface area contributed by atoms with E-state index < -0.39 is 0 Å². The Labute approximate surface area is 124 Å². The quantitative estimate of drug-likeness (QED) is 0.889. The number of aromatic nitrogens is 1. The van der Waals surface area contributed by atoms with Gasteiger partial charge in [-0.05, 0) is 22.0 Å². The minimum absolute atomic E-state index is 0.0419. The summed E-state index contributed by atoms with van der Waals surface area (Å²) in [5.41, 5.74) is 7.49. The van der Waals surface area contributed by atoms with Crippen molar-refractivity contribution in [2.24, 2.45) is 5.73 Å². The van der Waals surface area contributed by atoms with Crippen LogP contribution in [0.2, 0.25) is 0 Å². The maximum Gasteiger partial charge on any atom is 0.0947 e. The molecule has 0 aliphatic carbocycles. The van der Waals surface area contributed by atoms with Gasteiger partial charge in [-0.25, -0.2) is 4.98 Å². The van der Waals surface area contributed by atoms with Gasteiger partial charge in [-0.3, -0.25) is 0 Å². The van der Waals surface area contributed by atoms with Gasteiger partial charge in [0, 0.05) is 38.0 Å². The van der Waals surface area contributed by atoms with E-state index in [1.165, 1.54) is 4.88 Å². The first kappa shape index (κ1) is 14.2. The summed E-state index contributed by atoms with van der Waals surface area (Å²) < 4.78 is 1.10. The first-order valence-electron chi connectivity index (χ1n) is 5.80. The maximum atomic E-state index is 6.21. The summed E-state index contributed by atoms with van der Waals surface area (Å²) >= 11 is 6.86. The summed E-state index contributed by atoms with van der Waals surface area (Å²) in [6, 6.07) is 2.13. The van der Waals surface area contributed by atoms with Crippen LogP contribution in [0.3, 0.4) is 0 Å². The third kappa shape index (κ3) is 3.41. The van der Waals surface area contributed by atoms with E-state index in [2.05, 4.69) is 58.5 Å². The van der Waals surface area contributed by atoms with Gasteiger partial charge in [-0.1, -0.05) is 20.8 Å². The van der Waals surface area contributed by atoms with Crippen LogP contribution in [0, 0.1) is 0 Å². The number of nitrogens with two attached hydrogens (primary N) is 1. The molecule has 18 heavy (non-hydrogen) atoms. The van der Waals surface area contributed by atoms with Gasteiger partial charge in [0.2, 0.25) is 0 Å². The van der Waals surface area contributed by atoms with Crippen molar-refractivity contribution in [1.82, 2.24) is 4.98 Å². The second kappa shape index (κ2) is 5.41. The number of rotatable bonds is 3. The number of hydrogen-bond donors (Lipinski definition) is 1. The van der Waals surface area contributed by atoms with E-state index in [4.69, 9.17) is 5.73 Å². The second-order valence-electron chi connectivity index (χ2n) is 5.35. The predicted molar refractivity (Wildman–Crippen MR) is 83.5 cm³/mol. The molecule has 0 aliphatic heterocycles. The van der Waals surface area contributed by atoms with Crippen molar-refractivity contribution in [1.29, 1.82) is 0 Å². The molecule has 5 heteroatoms. The van der Waals surface area contributed by atoms with Crippen LogP contribution < -0.4 is 5.73 Å². The zero-order valence-corrected chi connectivity index (χ0v) is 14.0. The van der Waals surface area contributed by atoms with Gasteiger partial charge in [0.15, 0.2) is 0 Å². The summed E-state index contributed by atoms with van der Waals surface area (Å²) in [6.07, 6.45) is 0.813. The number of thiophene rings is 1. The van der Waals surface area contributed by atoms with Gasteiger partial charge in [-0.2, -0.15) is 0 Å². The molecule has 0 radical (unpaired) electrons. The molecule has 0 amide bonds. The van der Waals surface area contributed by atoms with Gasteiger partial charge in [0.05, 0.1) is 10.7 Å². The molecule has 1 atom stereocenters. The monoisotopic (exact) mass is 344 g/mol. The van der Waals surface area contributed by atoms with E-state index in [-0.39, 0.29) is 11.5 Å².